The molecule has 0 atom stereocenters. The first-order valence-electron chi connectivity index (χ1n) is 11.2. The van der Waals surface area contributed by atoms with Crippen LogP contribution in [-0.2, 0) is 10.0 Å². The Morgan fingerprint density at radius 3 is 2.39 bits per heavy atom. The molecule has 2 aromatic rings. The van der Waals surface area contributed by atoms with E-state index in [1.165, 1.54) is 10.7 Å². The minimum Gasteiger partial charge on any atom is -0.493 e. The highest BCUT2D eigenvalue weighted by Gasteiger charge is 2.25. The van der Waals surface area contributed by atoms with Crippen molar-refractivity contribution in [3.05, 3.63) is 54.1 Å². The number of hydrogen-bond acceptors (Lipinski definition) is 4. The van der Waals surface area contributed by atoms with Crippen molar-refractivity contribution in [3.63, 3.8) is 0 Å². The lowest BCUT2D eigenvalue weighted by molar-refractivity contribution is 0.102. The molecule has 0 aliphatic carbocycles. The van der Waals surface area contributed by atoms with Gasteiger partial charge in [0.2, 0.25) is 10.0 Å². The topological polar surface area (TPSA) is 75.7 Å². The quantitative estimate of drug-likeness (QED) is 0.519. The van der Waals surface area contributed by atoms with Gasteiger partial charge in [0.25, 0.3) is 5.91 Å². The molecule has 0 aromatic heterocycles. The number of para-hydroxylation sites is 1. The first-order chi connectivity index (χ1) is 15.0. The molecule has 31 heavy (non-hydrogen) atoms. The molecular formula is C24H32N2O4S. The van der Waals surface area contributed by atoms with E-state index in [-0.39, 0.29) is 10.8 Å². The number of carbonyl (C=O) groups is 1. The van der Waals surface area contributed by atoms with Crippen molar-refractivity contribution < 1.29 is 17.9 Å². The molecule has 0 saturated carbocycles. The number of unbranched alkanes of at least 4 members (excludes halogenated alkanes) is 3. The molecule has 1 aliphatic rings. The lowest BCUT2D eigenvalue weighted by atomic mass is 10.1. The number of nitrogens with zero attached hydrogens (tertiary/aromatic N) is 1. The maximum atomic E-state index is 12.8. The predicted molar refractivity (Wildman–Crippen MR) is 123 cm³/mol. The summed E-state index contributed by atoms with van der Waals surface area (Å²) in [5.41, 5.74) is 1.00. The van der Waals surface area contributed by atoms with Crippen molar-refractivity contribution in [1.29, 1.82) is 0 Å². The Bertz CT molecular complexity index is 952. The molecule has 1 fully saturated rings. The highest BCUT2D eigenvalue weighted by molar-refractivity contribution is 7.89. The summed E-state index contributed by atoms with van der Waals surface area (Å²) in [5, 5.41) is 2.84. The number of nitrogens with one attached hydrogen (secondary N) is 1. The maximum Gasteiger partial charge on any atom is 0.259 e. The molecule has 7 heteroatoms. The molecule has 0 unspecified atom stereocenters. The summed E-state index contributed by atoms with van der Waals surface area (Å²) in [5.74, 6) is 0.275. The fourth-order valence-corrected chi connectivity index (χ4v) is 5.17. The second-order valence-corrected chi connectivity index (χ2v) is 9.79. The van der Waals surface area contributed by atoms with E-state index in [4.69, 9.17) is 4.74 Å². The van der Waals surface area contributed by atoms with Crippen LogP contribution in [0.1, 0.15) is 62.2 Å². The van der Waals surface area contributed by atoms with Crippen LogP contribution < -0.4 is 10.1 Å². The van der Waals surface area contributed by atoms with Crippen molar-refractivity contribution in [2.24, 2.45) is 0 Å². The monoisotopic (exact) mass is 444 g/mol. The number of hydrogen-bond donors (Lipinski definition) is 1. The highest BCUT2D eigenvalue weighted by atomic mass is 32.2. The third kappa shape index (κ3) is 6.31. The molecule has 0 spiro atoms. The summed E-state index contributed by atoms with van der Waals surface area (Å²) in [6, 6.07) is 13.5. The Morgan fingerprint density at radius 1 is 0.968 bits per heavy atom. The van der Waals surface area contributed by atoms with Gasteiger partial charge in [-0.25, -0.2) is 8.42 Å². The van der Waals surface area contributed by atoms with E-state index in [2.05, 4.69) is 12.2 Å². The third-order valence-corrected chi connectivity index (χ3v) is 7.37. The van der Waals surface area contributed by atoms with Gasteiger partial charge in [0.15, 0.2) is 0 Å². The number of benzene rings is 2. The molecule has 1 saturated heterocycles. The van der Waals surface area contributed by atoms with Crippen LogP contribution in [0, 0.1) is 0 Å². The highest BCUT2D eigenvalue weighted by Crippen LogP contribution is 2.24. The average molecular weight is 445 g/mol. The lowest BCUT2D eigenvalue weighted by Gasteiger charge is -2.25. The minimum atomic E-state index is -3.48. The first-order valence-corrected chi connectivity index (χ1v) is 12.6. The Kier molecular flexibility index (Phi) is 8.49. The van der Waals surface area contributed by atoms with Crippen molar-refractivity contribution in [2.75, 3.05) is 25.0 Å². The van der Waals surface area contributed by atoms with E-state index >= 15 is 0 Å². The van der Waals surface area contributed by atoms with Crippen molar-refractivity contribution >= 4 is 21.6 Å². The maximum absolute atomic E-state index is 12.8. The predicted octanol–water partition coefficient (Wildman–Crippen LogP) is 5.07. The largest absolute Gasteiger partial charge is 0.493 e. The number of sulfonamides is 1. The minimum absolute atomic E-state index is 0.253. The van der Waals surface area contributed by atoms with Crippen molar-refractivity contribution in [1.82, 2.24) is 4.31 Å². The van der Waals surface area contributed by atoms with Crippen LogP contribution in [-0.4, -0.2) is 38.3 Å². The van der Waals surface area contributed by atoms with Crippen molar-refractivity contribution in [3.8, 4) is 5.75 Å². The second kappa shape index (κ2) is 11.3. The smallest absolute Gasteiger partial charge is 0.259 e. The van der Waals surface area contributed by atoms with Gasteiger partial charge in [-0.3, -0.25) is 4.79 Å². The molecule has 0 bridgehead atoms. The summed E-state index contributed by atoms with van der Waals surface area (Å²) in [6.45, 7) is 3.87. The van der Waals surface area contributed by atoms with Crippen LogP contribution in [0.4, 0.5) is 5.69 Å². The average Bonchev–Trinajstić information content (AvgIpc) is 2.80. The Hall–Kier alpha value is -2.38. The van der Waals surface area contributed by atoms with Crippen LogP contribution >= 0.6 is 0 Å². The van der Waals surface area contributed by atoms with Crippen LogP contribution in [0.5, 0.6) is 5.75 Å². The summed E-state index contributed by atoms with van der Waals surface area (Å²) < 4.78 is 32.9. The van der Waals surface area contributed by atoms with Gasteiger partial charge in [0, 0.05) is 18.8 Å². The number of ether oxygens (including phenoxy) is 1. The van der Waals surface area contributed by atoms with Gasteiger partial charge in [-0.05, 0) is 55.7 Å². The number of carbonyl (C=O) groups excluding carboxylic acids is 1. The fourth-order valence-electron chi connectivity index (χ4n) is 3.65. The molecule has 6 nitrogen and oxygen atoms in total. The zero-order valence-corrected chi connectivity index (χ0v) is 19.0. The van der Waals surface area contributed by atoms with E-state index in [1.807, 2.05) is 6.07 Å². The van der Waals surface area contributed by atoms with Crippen LogP contribution in [0.2, 0.25) is 0 Å². The van der Waals surface area contributed by atoms with Gasteiger partial charge >= 0.3 is 0 Å². The SMILES string of the molecule is CCCCCCOc1ccccc1C(=O)Nc1ccc(S(=O)(=O)N2CCCCC2)cc1. The standard InChI is InChI=1S/C24H32N2O4S/c1-2-3-4-10-19-30-23-12-7-6-11-22(23)24(27)25-20-13-15-21(16-14-20)31(28,29)26-17-8-5-9-18-26/h6-7,11-16H,2-5,8-10,17-19H2,1H3,(H,25,27). The van der Waals surface area contributed by atoms with E-state index < -0.39 is 10.0 Å². The molecule has 1 amide bonds. The van der Waals surface area contributed by atoms with Crippen LogP contribution in [0.15, 0.2) is 53.4 Å². The lowest BCUT2D eigenvalue weighted by Crippen LogP contribution is -2.35. The first kappa shape index (κ1) is 23.3. The van der Waals surface area contributed by atoms with E-state index in [9.17, 15) is 13.2 Å². The summed E-state index contributed by atoms with van der Waals surface area (Å²) in [7, 11) is -3.48. The van der Waals surface area contributed by atoms with Crippen LogP contribution in [0.3, 0.4) is 0 Å². The molecule has 3 rings (SSSR count). The van der Waals surface area contributed by atoms with Crippen LogP contribution in [0.25, 0.3) is 0 Å². The van der Waals surface area contributed by atoms with Gasteiger partial charge in [-0.1, -0.05) is 44.7 Å². The summed E-state index contributed by atoms with van der Waals surface area (Å²) >= 11 is 0. The normalized spacial score (nSPS) is 14.9. The van der Waals surface area contributed by atoms with E-state index in [0.29, 0.717) is 36.7 Å². The Balaban J connectivity index is 1.63. The number of anilines is 1. The molecule has 1 aliphatic heterocycles. The Morgan fingerprint density at radius 2 is 1.68 bits per heavy atom. The summed E-state index contributed by atoms with van der Waals surface area (Å²) in [6.07, 6.45) is 7.27. The molecule has 2 aromatic carbocycles. The molecular weight excluding hydrogens is 412 g/mol. The molecule has 168 valence electrons. The fraction of sp³-hybridized carbons (Fsp3) is 0.458. The van der Waals surface area contributed by atoms with Crippen molar-refractivity contribution in [2.45, 2.75) is 56.8 Å². The zero-order chi connectivity index (χ0) is 22.1. The molecule has 0 radical (unpaired) electrons. The number of rotatable bonds is 10. The molecule has 1 N–H and O–H groups in total. The van der Waals surface area contributed by atoms with Gasteiger partial charge in [-0.15, -0.1) is 0 Å². The van der Waals surface area contributed by atoms with Gasteiger partial charge in [0.05, 0.1) is 17.1 Å². The van der Waals surface area contributed by atoms with E-state index in [1.54, 1.807) is 42.5 Å². The Labute approximate surface area is 185 Å². The van der Waals surface area contributed by atoms with Gasteiger partial charge in [0.1, 0.15) is 5.75 Å². The third-order valence-electron chi connectivity index (χ3n) is 5.45. The van der Waals surface area contributed by atoms with E-state index in [0.717, 1.165) is 38.5 Å². The molecule has 1 heterocycles. The van der Waals surface area contributed by atoms with Gasteiger partial charge in [-0.2, -0.15) is 4.31 Å². The second-order valence-electron chi connectivity index (χ2n) is 7.85. The van der Waals surface area contributed by atoms with Gasteiger partial charge < -0.3 is 10.1 Å². The zero-order valence-electron chi connectivity index (χ0n) is 18.2. The number of amides is 1. The summed E-state index contributed by atoms with van der Waals surface area (Å²) in [4.78, 5) is 13.0. The number of piperidine rings is 1.